The zero-order valence-electron chi connectivity index (χ0n) is 8.45. The van der Waals surface area contributed by atoms with E-state index in [0.717, 1.165) is 25.9 Å². The van der Waals surface area contributed by atoms with E-state index in [9.17, 15) is 9.59 Å². The van der Waals surface area contributed by atoms with Crippen LogP contribution < -0.4 is 5.32 Å². The summed E-state index contributed by atoms with van der Waals surface area (Å²) in [6, 6.07) is 0.0175. The third kappa shape index (κ3) is 1.66. The van der Waals surface area contributed by atoms with Crippen molar-refractivity contribution in [2.75, 3.05) is 13.1 Å². The normalized spacial score (nSPS) is 32.8. The van der Waals surface area contributed by atoms with Gasteiger partial charge < -0.3 is 5.32 Å². The van der Waals surface area contributed by atoms with E-state index < -0.39 is 0 Å². The lowest BCUT2D eigenvalue weighted by molar-refractivity contribution is -0.123. The molecule has 1 amide bonds. The molecule has 2 unspecified atom stereocenters. The third-order valence-corrected chi connectivity index (χ3v) is 3.10. The van der Waals surface area contributed by atoms with Crippen molar-refractivity contribution in [1.29, 1.82) is 0 Å². The van der Waals surface area contributed by atoms with Crippen LogP contribution in [0.15, 0.2) is 0 Å². The summed E-state index contributed by atoms with van der Waals surface area (Å²) < 4.78 is 0. The van der Waals surface area contributed by atoms with Crippen molar-refractivity contribution in [3.05, 3.63) is 0 Å². The smallest absolute Gasteiger partial charge is 0.217 e. The van der Waals surface area contributed by atoms with Crippen LogP contribution >= 0.6 is 0 Å². The number of rotatable bonds is 1. The minimum Gasteiger partial charge on any atom is -0.352 e. The Balaban J connectivity index is 2.08. The average molecular weight is 196 g/mol. The van der Waals surface area contributed by atoms with Gasteiger partial charge in [0, 0.05) is 19.9 Å². The monoisotopic (exact) mass is 196 g/mol. The number of nitrogens with zero attached hydrogens (tertiary/aromatic N) is 1. The Kier molecular flexibility index (Phi) is 2.54. The Bertz CT molecular complexity index is 265. The summed E-state index contributed by atoms with van der Waals surface area (Å²) in [5.74, 6) is 0.264. The first-order valence-electron chi connectivity index (χ1n) is 5.22. The van der Waals surface area contributed by atoms with Crippen LogP contribution in [-0.2, 0) is 9.59 Å². The van der Waals surface area contributed by atoms with Crippen LogP contribution in [0.2, 0.25) is 0 Å². The second-order valence-corrected chi connectivity index (χ2v) is 4.15. The molecule has 14 heavy (non-hydrogen) atoms. The number of hydrogen-bond acceptors (Lipinski definition) is 3. The molecule has 0 saturated carbocycles. The fourth-order valence-corrected chi connectivity index (χ4v) is 2.56. The first-order chi connectivity index (χ1) is 6.68. The summed E-state index contributed by atoms with van der Waals surface area (Å²) in [6.45, 7) is 3.39. The van der Waals surface area contributed by atoms with E-state index in [4.69, 9.17) is 0 Å². The van der Waals surface area contributed by atoms with Gasteiger partial charge in [-0.1, -0.05) is 0 Å². The van der Waals surface area contributed by atoms with Gasteiger partial charge in [-0.15, -0.1) is 0 Å². The summed E-state index contributed by atoms with van der Waals surface area (Å²) in [4.78, 5) is 24.8. The predicted molar refractivity (Wildman–Crippen MR) is 51.8 cm³/mol. The number of amides is 1. The molecule has 4 heteroatoms. The Morgan fingerprint density at radius 3 is 3.00 bits per heavy atom. The van der Waals surface area contributed by atoms with Gasteiger partial charge in [0.1, 0.15) is 0 Å². The highest BCUT2D eigenvalue weighted by molar-refractivity contribution is 5.88. The molecule has 0 aliphatic carbocycles. The van der Waals surface area contributed by atoms with E-state index in [0.29, 0.717) is 12.2 Å². The second kappa shape index (κ2) is 3.69. The van der Waals surface area contributed by atoms with Gasteiger partial charge in [0.2, 0.25) is 5.91 Å². The summed E-state index contributed by atoms with van der Waals surface area (Å²) in [6.07, 6.45) is 2.67. The molecule has 2 fully saturated rings. The molecule has 2 aliphatic rings. The Morgan fingerprint density at radius 2 is 2.29 bits per heavy atom. The fourth-order valence-electron chi connectivity index (χ4n) is 2.56. The van der Waals surface area contributed by atoms with E-state index in [1.165, 1.54) is 6.92 Å². The van der Waals surface area contributed by atoms with Gasteiger partial charge in [-0.25, -0.2) is 0 Å². The minimum atomic E-state index is -0.0346. The quantitative estimate of drug-likeness (QED) is 0.638. The lowest BCUT2D eigenvalue weighted by Crippen LogP contribution is -2.54. The number of piperidine rings is 1. The molecular formula is C10H16N2O2. The summed E-state index contributed by atoms with van der Waals surface area (Å²) in [5.41, 5.74) is 0. The second-order valence-electron chi connectivity index (χ2n) is 4.15. The maximum atomic E-state index is 11.6. The van der Waals surface area contributed by atoms with Gasteiger partial charge in [0.25, 0.3) is 0 Å². The molecule has 0 radical (unpaired) electrons. The molecule has 4 nitrogen and oxygen atoms in total. The number of nitrogens with one attached hydrogen (secondary N) is 1. The molecular weight excluding hydrogens is 180 g/mol. The molecule has 2 rings (SSSR count). The van der Waals surface area contributed by atoms with E-state index >= 15 is 0 Å². The van der Waals surface area contributed by atoms with Crippen molar-refractivity contribution in [2.45, 2.75) is 38.3 Å². The SMILES string of the molecule is CC(=O)NC1CCCN2CCC(=O)C12. The maximum absolute atomic E-state index is 11.6. The Hall–Kier alpha value is -0.900. The van der Waals surface area contributed by atoms with Gasteiger partial charge in [0.05, 0.1) is 12.1 Å². The van der Waals surface area contributed by atoms with Gasteiger partial charge in [-0.3, -0.25) is 14.5 Å². The van der Waals surface area contributed by atoms with Crippen LogP contribution in [0.1, 0.15) is 26.2 Å². The molecule has 0 aromatic carbocycles. The van der Waals surface area contributed by atoms with Crippen LogP contribution in [0.3, 0.4) is 0 Å². The highest BCUT2D eigenvalue weighted by Gasteiger charge is 2.40. The van der Waals surface area contributed by atoms with Crippen LogP contribution in [0.4, 0.5) is 0 Å². The minimum absolute atomic E-state index is 0.0310. The standard InChI is InChI=1S/C10H16N2O2/c1-7(13)11-8-3-2-5-12-6-4-9(14)10(8)12/h8,10H,2-6H2,1H3,(H,11,13). The van der Waals surface area contributed by atoms with Crippen molar-refractivity contribution in [3.63, 3.8) is 0 Å². The predicted octanol–water partition coefficient (Wildman–Crippen LogP) is -0.0717. The van der Waals surface area contributed by atoms with E-state index in [1.54, 1.807) is 0 Å². The molecule has 0 spiro atoms. The molecule has 1 N–H and O–H groups in total. The molecule has 2 heterocycles. The van der Waals surface area contributed by atoms with Gasteiger partial charge >= 0.3 is 0 Å². The first kappa shape index (κ1) is 9.65. The molecule has 0 aromatic heterocycles. The van der Waals surface area contributed by atoms with Crippen molar-refractivity contribution < 1.29 is 9.59 Å². The zero-order chi connectivity index (χ0) is 10.1. The fraction of sp³-hybridized carbons (Fsp3) is 0.800. The average Bonchev–Trinajstić information content (AvgIpc) is 2.48. The highest BCUT2D eigenvalue weighted by atomic mass is 16.1. The van der Waals surface area contributed by atoms with Crippen LogP contribution in [0.5, 0.6) is 0 Å². The Morgan fingerprint density at radius 1 is 1.50 bits per heavy atom. The maximum Gasteiger partial charge on any atom is 0.217 e. The zero-order valence-corrected chi connectivity index (χ0v) is 8.45. The largest absolute Gasteiger partial charge is 0.352 e. The number of carbonyl (C=O) groups excluding carboxylic acids is 2. The molecule has 2 aliphatic heterocycles. The van der Waals surface area contributed by atoms with E-state index in [1.807, 2.05) is 0 Å². The van der Waals surface area contributed by atoms with Crippen LogP contribution in [0, 0.1) is 0 Å². The first-order valence-corrected chi connectivity index (χ1v) is 5.22. The number of carbonyl (C=O) groups is 2. The molecule has 0 aromatic rings. The summed E-state index contributed by atoms with van der Waals surface area (Å²) in [7, 11) is 0. The number of ketones is 1. The summed E-state index contributed by atoms with van der Waals surface area (Å²) >= 11 is 0. The van der Waals surface area contributed by atoms with Gasteiger partial charge in [-0.05, 0) is 19.4 Å². The molecule has 78 valence electrons. The summed E-state index contributed by atoms with van der Waals surface area (Å²) in [5, 5.41) is 2.88. The molecule has 2 atom stereocenters. The number of hydrogen-bond donors (Lipinski definition) is 1. The van der Waals surface area contributed by atoms with Crippen molar-refractivity contribution >= 4 is 11.7 Å². The Labute approximate surface area is 83.6 Å². The van der Waals surface area contributed by atoms with Crippen molar-refractivity contribution in [3.8, 4) is 0 Å². The van der Waals surface area contributed by atoms with E-state index in [2.05, 4.69) is 10.2 Å². The van der Waals surface area contributed by atoms with Crippen molar-refractivity contribution in [1.82, 2.24) is 10.2 Å². The lowest BCUT2D eigenvalue weighted by atomic mass is 9.95. The number of Topliss-reactive ketones (excluding diaryl/α,β-unsaturated/α-hetero) is 1. The van der Waals surface area contributed by atoms with Gasteiger partial charge in [0.15, 0.2) is 5.78 Å². The van der Waals surface area contributed by atoms with Crippen LogP contribution in [-0.4, -0.2) is 41.8 Å². The third-order valence-electron chi connectivity index (χ3n) is 3.10. The van der Waals surface area contributed by atoms with Crippen molar-refractivity contribution in [2.24, 2.45) is 0 Å². The van der Waals surface area contributed by atoms with Gasteiger partial charge in [-0.2, -0.15) is 0 Å². The molecule has 0 bridgehead atoms. The molecule has 2 saturated heterocycles. The lowest BCUT2D eigenvalue weighted by Gasteiger charge is -2.35. The highest BCUT2D eigenvalue weighted by Crippen LogP contribution is 2.24. The topological polar surface area (TPSA) is 49.4 Å². The van der Waals surface area contributed by atoms with E-state index in [-0.39, 0.29) is 18.0 Å². The van der Waals surface area contributed by atoms with Crippen LogP contribution in [0.25, 0.3) is 0 Å². The number of fused-ring (bicyclic) bond motifs is 1.